The number of rotatable bonds is 2. The van der Waals surface area contributed by atoms with Crippen molar-refractivity contribution in [3.05, 3.63) is 47.1 Å². The quantitative estimate of drug-likeness (QED) is 0.761. The molecule has 102 valence electrons. The molecule has 0 bridgehead atoms. The van der Waals surface area contributed by atoms with E-state index in [0.29, 0.717) is 17.2 Å². The summed E-state index contributed by atoms with van der Waals surface area (Å²) in [5, 5.41) is 7.23. The van der Waals surface area contributed by atoms with Crippen LogP contribution in [0.2, 0.25) is 5.02 Å². The SMILES string of the molecule is Cc1c(N)cn2ncnc(Nc3ccc(F)c(Cl)c3)c12. The number of benzene rings is 1. The summed E-state index contributed by atoms with van der Waals surface area (Å²) in [7, 11) is 0. The van der Waals surface area contributed by atoms with Gasteiger partial charge in [0.05, 0.1) is 16.9 Å². The third-order valence-electron chi connectivity index (χ3n) is 3.05. The Morgan fingerprint density at radius 3 is 2.95 bits per heavy atom. The van der Waals surface area contributed by atoms with Crippen molar-refractivity contribution in [2.45, 2.75) is 6.92 Å². The number of halogens is 2. The van der Waals surface area contributed by atoms with Crippen molar-refractivity contribution in [3.63, 3.8) is 0 Å². The van der Waals surface area contributed by atoms with Gasteiger partial charge in [-0.2, -0.15) is 5.10 Å². The Kier molecular flexibility index (Phi) is 2.94. The lowest BCUT2D eigenvalue weighted by Crippen LogP contribution is -2.00. The monoisotopic (exact) mass is 291 g/mol. The highest BCUT2D eigenvalue weighted by Gasteiger charge is 2.11. The van der Waals surface area contributed by atoms with Crippen LogP contribution in [0.25, 0.3) is 5.52 Å². The molecular weight excluding hydrogens is 281 g/mol. The van der Waals surface area contributed by atoms with E-state index in [-0.39, 0.29) is 5.02 Å². The van der Waals surface area contributed by atoms with Gasteiger partial charge in [0.1, 0.15) is 17.7 Å². The number of fused-ring (bicyclic) bond motifs is 1. The number of nitrogen functional groups attached to an aromatic ring is 1. The summed E-state index contributed by atoms with van der Waals surface area (Å²) >= 11 is 5.76. The normalized spacial score (nSPS) is 10.9. The van der Waals surface area contributed by atoms with Crippen molar-refractivity contribution in [2.75, 3.05) is 11.1 Å². The summed E-state index contributed by atoms with van der Waals surface area (Å²) in [5.41, 5.74) is 8.78. The molecule has 5 nitrogen and oxygen atoms in total. The van der Waals surface area contributed by atoms with E-state index >= 15 is 0 Å². The molecule has 7 heteroatoms. The summed E-state index contributed by atoms with van der Waals surface area (Å²) in [5.74, 6) is 0.116. The smallest absolute Gasteiger partial charge is 0.158 e. The zero-order valence-electron chi connectivity index (χ0n) is 10.6. The lowest BCUT2D eigenvalue weighted by molar-refractivity contribution is 0.628. The van der Waals surface area contributed by atoms with Crippen molar-refractivity contribution < 1.29 is 4.39 Å². The minimum absolute atomic E-state index is 0.0479. The van der Waals surface area contributed by atoms with Gasteiger partial charge in [-0.3, -0.25) is 0 Å². The van der Waals surface area contributed by atoms with Gasteiger partial charge < -0.3 is 11.1 Å². The van der Waals surface area contributed by atoms with Gasteiger partial charge in [0.15, 0.2) is 5.82 Å². The van der Waals surface area contributed by atoms with Crippen molar-refractivity contribution in [3.8, 4) is 0 Å². The van der Waals surface area contributed by atoms with Crippen LogP contribution < -0.4 is 11.1 Å². The number of nitrogens with one attached hydrogen (secondary N) is 1. The van der Waals surface area contributed by atoms with E-state index in [9.17, 15) is 4.39 Å². The Morgan fingerprint density at radius 2 is 2.20 bits per heavy atom. The van der Waals surface area contributed by atoms with Gasteiger partial charge in [0.25, 0.3) is 0 Å². The first-order chi connectivity index (χ1) is 9.56. The molecule has 0 saturated heterocycles. The molecule has 3 aromatic rings. The van der Waals surface area contributed by atoms with Crippen LogP contribution in [0, 0.1) is 12.7 Å². The zero-order valence-corrected chi connectivity index (χ0v) is 11.3. The van der Waals surface area contributed by atoms with E-state index in [2.05, 4.69) is 15.4 Å². The maximum absolute atomic E-state index is 13.2. The standard InChI is InChI=1S/C13H11ClFN5/c1-7-11(16)5-20-12(7)13(17-6-18-20)19-8-2-3-10(15)9(14)4-8/h2-6H,16H2,1H3,(H,17,18,19). The highest BCUT2D eigenvalue weighted by atomic mass is 35.5. The Morgan fingerprint density at radius 1 is 1.40 bits per heavy atom. The molecule has 0 unspecified atom stereocenters. The molecule has 2 heterocycles. The minimum Gasteiger partial charge on any atom is -0.397 e. The van der Waals surface area contributed by atoms with Crippen molar-refractivity contribution in [1.29, 1.82) is 0 Å². The summed E-state index contributed by atoms with van der Waals surface area (Å²) < 4.78 is 14.8. The lowest BCUT2D eigenvalue weighted by atomic mass is 10.2. The third-order valence-corrected chi connectivity index (χ3v) is 3.34. The number of anilines is 3. The van der Waals surface area contributed by atoms with Crippen molar-refractivity contribution in [1.82, 2.24) is 14.6 Å². The average Bonchev–Trinajstić information content (AvgIpc) is 2.71. The minimum atomic E-state index is -0.465. The molecule has 0 aliphatic carbocycles. The highest BCUT2D eigenvalue weighted by molar-refractivity contribution is 6.31. The van der Waals surface area contributed by atoms with Crippen LogP contribution in [0.15, 0.2) is 30.7 Å². The lowest BCUT2D eigenvalue weighted by Gasteiger charge is -2.08. The van der Waals surface area contributed by atoms with Crippen LogP contribution in [0.1, 0.15) is 5.56 Å². The van der Waals surface area contributed by atoms with Crippen LogP contribution in [0.3, 0.4) is 0 Å². The fourth-order valence-corrected chi connectivity index (χ4v) is 2.16. The first kappa shape index (κ1) is 12.7. The second-order valence-electron chi connectivity index (χ2n) is 4.37. The molecule has 20 heavy (non-hydrogen) atoms. The van der Waals surface area contributed by atoms with E-state index in [1.165, 1.54) is 18.5 Å². The molecule has 2 aromatic heterocycles. The van der Waals surface area contributed by atoms with Crippen molar-refractivity contribution in [2.24, 2.45) is 0 Å². The number of hydrogen-bond donors (Lipinski definition) is 2. The molecule has 0 radical (unpaired) electrons. The van der Waals surface area contributed by atoms with E-state index in [1.807, 2.05) is 6.92 Å². The maximum Gasteiger partial charge on any atom is 0.158 e. The Labute approximate surface area is 119 Å². The third kappa shape index (κ3) is 2.04. The van der Waals surface area contributed by atoms with Gasteiger partial charge in [-0.25, -0.2) is 13.9 Å². The zero-order chi connectivity index (χ0) is 14.3. The first-order valence-electron chi connectivity index (χ1n) is 5.87. The highest BCUT2D eigenvalue weighted by Crippen LogP contribution is 2.27. The van der Waals surface area contributed by atoms with Gasteiger partial charge in [0.2, 0.25) is 0 Å². The summed E-state index contributed by atoms with van der Waals surface area (Å²) in [6.07, 6.45) is 3.13. The van der Waals surface area contributed by atoms with E-state index in [4.69, 9.17) is 17.3 Å². The van der Waals surface area contributed by atoms with E-state index in [1.54, 1.807) is 16.8 Å². The molecule has 0 aliphatic rings. The Balaban J connectivity index is 2.08. The first-order valence-corrected chi connectivity index (χ1v) is 6.24. The number of aromatic nitrogens is 3. The number of nitrogens with two attached hydrogens (primary N) is 1. The molecule has 3 N–H and O–H groups in total. The summed E-state index contributed by atoms with van der Waals surface area (Å²) in [6, 6.07) is 4.38. The summed E-state index contributed by atoms with van der Waals surface area (Å²) in [4.78, 5) is 4.19. The van der Waals surface area contributed by atoms with Gasteiger partial charge in [-0.1, -0.05) is 11.6 Å². The molecule has 1 aromatic carbocycles. The number of nitrogens with zero attached hydrogens (tertiary/aromatic N) is 3. The van der Waals surface area contributed by atoms with Gasteiger partial charge in [-0.15, -0.1) is 0 Å². The number of hydrogen-bond acceptors (Lipinski definition) is 4. The fraction of sp³-hybridized carbons (Fsp3) is 0.0769. The molecule has 0 atom stereocenters. The van der Waals surface area contributed by atoms with Crippen LogP contribution in [-0.4, -0.2) is 14.6 Å². The second kappa shape index (κ2) is 4.64. The molecular formula is C13H11ClFN5. The van der Waals surface area contributed by atoms with Crippen LogP contribution >= 0.6 is 11.6 Å². The molecule has 3 rings (SSSR count). The van der Waals surface area contributed by atoms with Crippen LogP contribution in [0.5, 0.6) is 0 Å². The number of aryl methyl sites for hydroxylation is 1. The predicted octanol–water partition coefficient (Wildman–Crippen LogP) is 3.16. The maximum atomic E-state index is 13.2. The molecule has 0 spiro atoms. The molecule has 0 fully saturated rings. The van der Waals surface area contributed by atoms with Gasteiger partial charge in [-0.05, 0) is 25.1 Å². The molecule has 0 amide bonds. The Bertz CT molecular complexity index is 799. The largest absolute Gasteiger partial charge is 0.397 e. The second-order valence-corrected chi connectivity index (χ2v) is 4.77. The fourth-order valence-electron chi connectivity index (χ4n) is 1.98. The Hall–Kier alpha value is -2.34. The van der Waals surface area contributed by atoms with Crippen LogP contribution in [-0.2, 0) is 0 Å². The van der Waals surface area contributed by atoms with Gasteiger partial charge in [0, 0.05) is 11.3 Å². The topological polar surface area (TPSA) is 68.2 Å². The van der Waals surface area contributed by atoms with Crippen molar-refractivity contribution >= 4 is 34.3 Å². The molecule has 0 aliphatic heterocycles. The van der Waals surface area contributed by atoms with Crippen LogP contribution in [0.4, 0.5) is 21.6 Å². The average molecular weight is 292 g/mol. The van der Waals surface area contributed by atoms with E-state index < -0.39 is 5.82 Å². The molecule has 0 saturated carbocycles. The van der Waals surface area contributed by atoms with E-state index in [0.717, 1.165) is 11.1 Å². The predicted molar refractivity (Wildman–Crippen MR) is 76.8 cm³/mol. The summed E-state index contributed by atoms with van der Waals surface area (Å²) in [6.45, 7) is 1.89. The van der Waals surface area contributed by atoms with Gasteiger partial charge >= 0.3 is 0 Å².